The maximum absolute atomic E-state index is 12.9. The van der Waals surface area contributed by atoms with Gasteiger partial charge in [-0.3, -0.25) is 4.79 Å². The summed E-state index contributed by atoms with van der Waals surface area (Å²) in [5, 5.41) is 0. The fourth-order valence-electron chi connectivity index (χ4n) is 3.24. The van der Waals surface area contributed by atoms with Crippen LogP contribution in [0.25, 0.3) is 0 Å². The number of carbonyl (C=O) groups is 1. The monoisotopic (exact) mass is 338 g/mol. The summed E-state index contributed by atoms with van der Waals surface area (Å²) in [4.78, 5) is 14.8. The molecule has 0 aliphatic carbocycles. The number of nitrogens with two attached hydrogens (primary N) is 1. The molecular weight excluding hydrogens is 312 g/mol. The molecule has 0 atom stereocenters. The predicted octanol–water partition coefficient (Wildman–Crippen LogP) is 3.38. The number of hydrogen-bond donors (Lipinski definition) is 1. The average molecular weight is 338 g/mol. The summed E-state index contributed by atoms with van der Waals surface area (Å²) in [5.41, 5.74) is 8.71. The van der Waals surface area contributed by atoms with E-state index in [2.05, 4.69) is 19.1 Å². The highest BCUT2D eigenvalue weighted by Gasteiger charge is 2.24. The lowest BCUT2D eigenvalue weighted by Crippen LogP contribution is -2.40. The lowest BCUT2D eigenvalue weighted by Gasteiger charge is -2.31. The molecule has 132 valence electrons. The van der Waals surface area contributed by atoms with Crippen molar-refractivity contribution in [3.8, 4) is 5.75 Å². The smallest absolute Gasteiger partial charge is 0.257 e. The van der Waals surface area contributed by atoms with E-state index in [1.807, 2.05) is 41.3 Å². The molecule has 2 aromatic carbocycles. The highest BCUT2D eigenvalue weighted by molar-refractivity contribution is 5.97. The van der Waals surface area contributed by atoms with Crippen LogP contribution in [0.3, 0.4) is 0 Å². The van der Waals surface area contributed by atoms with Crippen molar-refractivity contribution in [1.29, 1.82) is 0 Å². The highest BCUT2D eigenvalue weighted by atomic mass is 16.5. The average Bonchev–Trinajstić information content (AvgIpc) is 2.67. The molecule has 1 saturated heterocycles. The molecule has 1 amide bonds. The van der Waals surface area contributed by atoms with E-state index < -0.39 is 0 Å². The third-order valence-corrected chi connectivity index (χ3v) is 5.00. The van der Waals surface area contributed by atoms with Crippen molar-refractivity contribution in [2.45, 2.75) is 26.4 Å². The first kappa shape index (κ1) is 17.5. The van der Waals surface area contributed by atoms with Crippen molar-refractivity contribution < 1.29 is 9.53 Å². The quantitative estimate of drug-likeness (QED) is 0.909. The van der Waals surface area contributed by atoms with Crippen LogP contribution < -0.4 is 10.5 Å². The zero-order valence-corrected chi connectivity index (χ0v) is 14.8. The van der Waals surface area contributed by atoms with Crippen LogP contribution in [-0.4, -0.2) is 30.4 Å². The van der Waals surface area contributed by atoms with E-state index in [0.29, 0.717) is 30.4 Å². The number of hydrogen-bond acceptors (Lipinski definition) is 3. The minimum absolute atomic E-state index is 0.0517. The highest BCUT2D eigenvalue weighted by Crippen LogP contribution is 2.24. The van der Waals surface area contributed by atoms with Crippen LogP contribution in [-0.2, 0) is 6.61 Å². The Morgan fingerprint density at radius 2 is 1.80 bits per heavy atom. The number of ether oxygens (including phenoxy) is 1. The van der Waals surface area contributed by atoms with Crippen LogP contribution in [0.1, 0.15) is 34.3 Å². The summed E-state index contributed by atoms with van der Waals surface area (Å²) in [6.07, 6.45) is 1.96. The summed E-state index contributed by atoms with van der Waals surface area (Å²) in [7, 11) is 0. The van der Waals surface area contributed by atoms with Crippen LogP contribution in [0.2, 0.25) is 0 Å². The zero-order chi connectivity index (χ0) is 17.6. The largest absolute Gasteiger partial charge is 0.488 e. The molecule has 0 unspecified atom stereocenters. The number of carbonyl (C=O) groups excluding carboxylic acids is 1. The second-order valence-electron chi connectivity index (χ2n) is 6.68. The third kappa shape index (κ3) is 4.20. The van der Waals surface area contributed by atoms with Crippen molar-refractivity contribution in [3.63, 3.8) is 0 Å². The van der Waals surface area contributed by atoms with Crippen molar-refractivity contribution in [2.24, 2.45) is 11.7 Å². The Morgan fingerprint density at radius 3 is 2.52 bits per heavy atom. The summed E-state index contributed by atoms with van der Waals surface area (Å²) in [6, 6.07) is 15.7. The molecule has 25 heavy (non-hydrogen) atoms. The Hall–Kier alpha value is -2.33. The van der Waals surface area contributed by atoms with E-state index in [-0.39, 0.29) is 5.91 Å². The van der Waals surface area contributed by atoms with Crippen LogP contribution in [0.15, 0.2) is 48.5 Å². The van der Waals surface area contributed by atoms with E-state index in [1.165, 1.54) is 5.56 Å². The zero-order valence-electron chi connectivity index (χ0n) is 14.8. The van der Waals surface area contributed by atoms with Gasteiger partial charge in [0, 0.05) is 13.1 Å². The van der Waals surface area contributed by atoms with E-state index in [0.717, 1.165) is 31.5 Å². The molecule has 1 fully saturated rings. The first-order chi connectivity index (χ1) is 12.2. The Bertz CT molecular complexity index is 721. The Kier molecular flexibility index (Phi) is 5.71. The lowest BCUT2D eigenvalue weighted by atomic mass is 9.96. The van der Waals surface area contributed by atoms with E-state index >= 15 is 0 Å². The van der Waals surface area contributed by atoms with Crippen LogP contribution in [0.5, 0.6) is 5.75 Å². The first-order valence-corrected chi connectivity index (χ1v) is 8.94. The molecule has 2 aromatic rings. The van der Waals surface area contributed by atoms with Gasteiger partial charge in [0.25, 0.3) is 5.91 Å². The van der Waals surface area contributed by atoms with Crippen molar-refractivity contribution in [2.75, 3.05) is 19.6 Å². The standard InChI is InChI=1S/C21H26N2O2/c1-16-6-2-3-7-18(16)15-25-20-9-5-4-8-19(20)21(24)23-12-10-17(14-22)11-13-23/h2-9,17H,10-15,22H2,1H3. The predicted molar refractivity (Wildman–Crippen MR) is 99.6 cm³/mol. The van der Waals surface area contributed by atoms with Gasteiger partial charge in [0.2, 0.25) is 0 Å². The Balaban J connectivity index is 1.70. The number of likely N-dealkylation sites (tertiary alicyclic amines) is 1. The lowest BCUT2D eigenvalue weighted by molar-refractivity contribution is 0.0688. The fourth-order valence-corrected chi connectivity index (χ4v) is 3.24. The summed E-state index contributed by atoms with van der Waals surface area (Å²) in [5.74, 6) is 1.24. The van der Waals surface area contributed by atoms with Crippen LogP contribution >= 0.6 is 0 Å². The first-order valence-electron chi connectivity index (χ1n) is 8.94. The fraction of sp³-hybridized carbons (Fsp3) is 0.381. The SMILES string of the molecule is Cc1ccccc1COc1ccccc1C(=O)N1CCC(CN)CC1. The van der Waals surface area contributed by atoms with Crippen LogP contribution in [0.4, 0.5) is 0 Å². The minimum atomic E-state index is 0.0517. The van der Waals surface area contributed by atoms with E-state index in [9.17, 15) is 4.79 Å². The third-order valence-electron chi connectivity index (χ3n) is 5.00. The van der Waals surface area contributed by atoms with Crippen LogP contribution in [0, 0.1) is 12.8 Å². The van der Waals surface area contributed by atoms with Gasteiger partial charge in [-0.1, -0.05) is 36.4 Å². The molecule has 3 rings (SSSR count). The number of nitrogens with zero attached hydrogens (tertiary/aromatic N) is 1. The number of rotatable bonds is 5. The minimum Gasteiger partial charge on any atom is -0.488 e. The molecule has 1 heterocycles. The van der Waals surface area contributed by atoms with Gasteiger partial charge in [0.05, 0.1) is 5.56 Å². The molecule has 2 N–H and O–H groups in total. The molecule has 1 aliphatic rings. The van der Waals surface area contributed by atoms with Gasteiger partial charge in [-0.15, -0.1) is 0 Å². The number of benzene rings is 2. The van der Waals surface area contributed by atoms with Crippen molar-refractivity contribution in [1.82, 2.24) is 4.90 Å². The number of amides is 1. The van der Waals surface area contributed by atoms with Gasteiger partial charge in [0.15, 0.2) is 0 Å². The van der Waals surface area contributed by atoms with Crippen molar-refractivity contribution >= 4 is 5.91 Å². The maximum atomic E-state index is 12.9. The molecule has 0 aromatic heterocycles. The molecule has 4 nitrogen and oxygen atoms in total. The number of aryl methyl sites for hydroxylation is 1. The molecule has 0 saturated carbocycles. The summed E-state index contributed by atoms with van der Waals surface area (Å²) in [6.45, 7) is 4.78. The molecule has 4 heteroatoms. The second kappa shape index (κ2) is 8.17. The normalized spacial score (nSPS) is 15.2. The molecule has 1 aliphatic heterocycles. The van der Waals surface area contributed by atoms with E-state index in [1.54, 1.807) is 0 Å². The number of para-hydroxylation sites is 1. The molecule has 0 spiro atoms. The summed E-state index contributed by atoms with van der Waals surface area (Å²) < 4.78 is 5.99. The van der Waals surface area contributed by atoms with E-state index in [4.69, 9.17) is 10.5 Å². The second-order valence-corrected chi connectivity index (χ2v) is 6.68. The number of piperidine rings is 1. The van der Waals surface area contributed by atoms with Gasteiger partial charge in [-0.25, -0.2) is 0 Å². The van der Waals surface area contributed by atoms with Gasteiger partial charge in [0.1, 0.15) is 12.4 Å². The molecular formula is C21H26N2O2. The van der Waals surface area contributed by atoms with Gasteiger partial charge < -0.3 is 15.4 Å². The van der Waals surface area contributed by atoms with Crippen molar-refractivity contribution in [3.05, 3.63) is 65.2 Å². The summed E-state index contributed by atoms with van der Waals surface area (Å²) >= 11 is 0. The molecule has 0 radical (unpaired) electrons. The Labute approximate surface area is 149 Å². The molecule has 0 bridgehead atoms. The Morgan fingerprint density at radius 1 is 1.12 bits per heavy atom. The van der Waals surface area contributed by atoms with Gasteiger partial charge in [-0.05, 0) is 55.5 Å². The maximum Gasteiger partial charge on any atom is 0.257 e. The van der Waals surface area contributed by atoms with Gasteiger partial charge in [-0.2, -0.15) is 0 Å². The van der Waals surface area contributed by atoms with Gasteiger partial charge >= 0.3 is 0 Å². The topological polar surface area (TPSA) is 55.6 Å².